The Morgan fingerprint density at radius 2 is 1.91 bits per heavy atom. The summed E-state index contributed by atoms with van der Waals surface area (Å²) in [5, 5.41) is 4.62. The standard InChI is InChI=1S/C26H29N3O4/c1-16-13-17(2)28-25(31)22(16)14-27-24(30)18-7-6-12-29(15-18)26(32)21-10-11-23(33-3)20-9-5-4-8-19(20)21/h4-5,8-11,13,18H,6-7,12,14-15H2,1-3H3,(H,27,30)(H,28,31)/t18-/m1/s1. The van der Waals surface area contributed by atoms with Crippen molar-refractivity contribution in [3.63, 3.8) is 0 Å². The average molecular weight is 448 g/mol. The Balaban J connectivity index is 1.48. The lowest BCUT2D eigenvalue weighted by atomic mass is 9.95. The molecule has 1 aliphatic rings. The lowest BCUT2D eigenvalue weighted by Gasteiger charge is -2.32. The van der Waals surface area contributed by atoms with Crippen molar-refractivity contribution in [1.29, 1.82) is 0 Å². The van der Waals surface area contributed by atoms with E-state index in [1.54, 1.807) is 18.1 Å². The number of carbonyl (C=O) groups excluding carboxylic acids is 2. The number of nitrogens with zero attached hydrogens (tertiary/aromatic N) is 1. The van der Waals surface area contributed by atoms with Crippen LogP contribution in [0.25, 0.3) is 10.8 Å². The summed E-state index contributed by atoms with van der Waals surface area (Å²) in [4.78, 5) is 43.0. The van der Waals surface area contributed by atoms with E-state index in [9.17, 15) is 14.4 Å². The molecule has 2 N–H and O–H groups in total. The monoisotopic (exact) mass is 447 g/mol. The van der Waals surface area contributed by atoms with Crippen LogP contribution in [0.3, 0.4) is 0 Å². The first-order valence-electron chi connectivity index (χ1n) is 11.2. The second-order valence-electron chi connectivity index (χ2n) is 8.61. The molecule has 1 fully saturated rings. The maximum absolute atomic E-state index is 13.4. The van der Waals surface area contributed by atoms with Gasteiger partial charge in [-0.1, -0.05) is 24.3 Å². The summed E-state index contributed by atoms with van der Waals surface area (Å²) in [5.41, 5.74) is 2.62. The van der Waals surface area contributed by atoms with E-state index in [-0.39, 0.29) is 29.8 Å². The Kier molecular flexibility index (Phi) is 6.49. The number of carbonyl (C=O) groups is 2. The summed E-state index contributed by atoms with van der Waals surface area (Å²) in [6, 6.07) is 13.2. The molecule has 0 unspecified atom stereocenters. The number of aromatic amines is 1. The van der Waals surface area contributed by atoms with Crippen LogP contribution in [0.1, 0.15) is 40.0 Å². The number of aromatic nitrogens is 1. The van der Waals surface area contributed by atoms with E-state index in [2.05, 4.69) is 10.3 Å². The Morgan fingerprint density at radius 3 is 2.64 bits per heavy atom. The molecule has 0 bridgehead atoms. The topological polar surface area (TPSA) is 91.5 Å². The Hall–Kier alpha value is -3.61. The van der Waals surface area contributed by atoms with Gasteiger partial charge in [0, 0.05) is 41.8 Å². The zero-order chi connectivity index (χ0) is 23.5. The van der Waals surface area contributed by atoms with Gasteiger partial charge in [-0.2, -0.15) is 0 Å². The van der Waals surface area contributed by atoms with Crippen molar-refractivity contribution >= 4 is 22.6 Å². The van der Waals surface area contributed by atoms with Crippen molar-refractivity contribution < 1.29 is 14.3 Å². The number of methoxy groups -OCH3 is 1. The number of likely N-dealkylation sites (tertiary alicyclic amines) is 1. The first-order chi connectivity index (χ1) is 15.9. The lowest BCUT2D eigenvalue weighted by Crippen LogP contribution is -2.45. The molecule has 0 spiro atoms. The molecule has 1 atom stereocenters. The Labute approximate surface area is 192 Å². The Morgan fingerprint density at radius 1 is 1.15 bits per heavy atom. The fraction of sp³-hybridized carbons (Fsp3) is 0.346. The molecule has 1 aromatic heterocycles. The van der Waals surface area contributed by atoms with Gasteiger partial charge in [0.05, 0.1) is 13.0 Å². The molecule has 4 rings (SSSR count). The van der Waals surface area contributed by atoms with Crippen molar-refractivity contribution in [3.05, 3.63) is 75.2 Å². The maximum Gasteiger partial charge on any atom is 0.254 e. The van der Waals surface area contributed by atoms with Crippen molar-refractivity contribution in [1.82, 2.24) is 15.2 Å². The molecule has 0 radical (unpaired) electrons. The smallest absolute Gasteiger partial charge is 0.254 e. The summed E-state index contributed by atoms with van der Waals surface area (Å²) in [7, 11) is 1.61. The number of rotatable bonds is 5. The predicted molar refractivity (Wildman–Crippen MR) is 128 cm³/mol. The molecule has 2 heterocycles. The number of aryl methyl sites for hydroxylation is 2. The molecule has 0 aliphatic carbocycles. The zero-order valence-electron chi connectivity index (χ0n) is 19.2. The van der Waals surface area contributed by atoms with Crippen LogP contribution >= 0.6 is 0 Å². The zero-order valence-corrected chi connectivity index (χ0v) is 19.2. The fourth-order valence-corrected chi connectivity index (χ4v) is 4.60. The third-order valence-corrected chi connectivity index (χ3v) is 6.35. The average Bonchev–Trinajstić information content (AvgIpc) is 2.82. The van der Waals surface area contributed by atoms with Crippen LogP contribution in [0.2, 0.25) is 0 Å². The van der Waals surface area contributed by atoms with E-state index in [4.69, 9.17) is 4.74 Å². The highest BCUT2D eigenvalue weighted by molar-refractivity contribution is 6.08. The largest absolute Gasteiger partial charge is 0.496 e. The predicted octanol–water partition coefficient (Wildman–Crippen LogP) is 3.32. The maximum atomic E-state index is 13.4. The second kappa shape index (κ2) is 9.48. The van der Waals surface area contributed by atoms with Crippen molar-refractivity contribution in [2.75, 3.05) is 20.2 Å². The molecule has 172 valence electrons. The molecule has 2 amide bonds. The number of amides is 2. The van der Waals surface area contributed by atoms with Crippen molar-refractivity contribution in [2.45, 2.75) is 33.2 Å². The number of hydrogen-bond acceptors (Lipinski definition) is 4. The highest BCUT2D eigenvalue weighted by Crippen LogP contribution is 2.30. The molecular formula is C26H29N3O4. The number of benzene rings is 2. The molecule has 0 saturated carbocycles. The van der Waals surface area contributed by atoms with E-state index in [1.807, 2.05) is 50.2 Å². The molecule has 33 heavy (non-hydrogen) atoms. The van der Waals surface area contributed by atoms with Crippen LogP contribution in [-0.2, 0) is 11.3 Å². The van der Waals surface area contributed by atoms with Gasteiger partial charge in [-0.25, -0.2) is 0 Å². The number of pyridine rings is 1. The first-order valence-corrected chi connectivity index (χ1v) is 11.2. The van der Waals surface area contributed by atoms with Gasteiger partial charge >= 0.3 is 0 Å². The minimum atomic E-state index is -0.308. The van der Waals surface area contributed by atoms with Crippen LogP contribution < -0.4 is 15.6 Å². The lowest BCUT2D eigenvalue weighted by molar-refractivity contribution is -0.126. The highest BCUT2D eigenvalue weighted by Gasteiger charge is 2.29. The minimum absolute atomic E-state index is 0.0859. The highest BCUT2D eigenvalue weighted by atomic mass is 16.5. The van der Waals surface area contributed by atoms with E-state index in [1.165, 1.54) is 0 Å². The number of hydrogen-bond donors (Lipinski definition) is 2. The number of fused-ring (bicyclic) bond motifs is 1. The number of piperidine rings is 1. The summed E-state index contributed by atoms with van der Waals surface area (Å²) in [6.07, 6.45) is 1.46. The molecule has 3 aromatic rings. The summed E-state index contributed by atoms with van der Waals surface area (Å²) < 4.78 is 5.44. The number of H-pyrrole nitrogens is 1. The van der Waals surface area contributed by atoms with Crippen LogP contribution in [0.15, 0.2) is 47.3 Å². The molecule has 1 aliphatic heterocycles. The normalized spacial score (nSPS) is 16.0. The third kappa shape index (κ3) is 4.62. The van der Waals surface area contributed by atoms with Crippen molar-refractivity contribution in [2.24, 2.45) is 5.92 Å². The van der Waals surface area contributed by atoms with Crippen molar-refractivity contribution in [3.8, 4) is 5.75 Å². The Bertz CT molecular complexity index is 1260. The van der Waals surface area contributed by atoms with Gasteiger partial charge in [-0.15, -0.1) is 0 Å². The number of ether oxygens (including phenoxy) is 1. The quantitative estimate of drug-likeness (QED) is 0.628. The van der Waals surface area contributed by atoms with Crippen LogP contribution in [-0.4, -0.2) is 41.9 Å². The van der Waals surface area contributed by atoms with Gasteiger partial charge in [0.2, 0.25) is 5.91 Å². The van der Waals surface area contributed by atoms with Gasteiger partial charge in [0.1, 0.15) is 5.75 Å². The molecular weight excluding hydrogens is 418 g/mol. The van der Waals surface area contributed by atoms with E-state index >= 15 is 0 Å². The molecule has 7 nitrogen and oxygen atoms in total. The van der Waals surface area contributed by atoms with Gasteiger partial charge in [0.15, 0.2) is 0 Å². The van der Waals surface area contributed by atoms with E-state index in [0.29, 0.717) is 30.6 Å². The first kappa shape index (κ1) is 22.6. The van der Waals surface area contributed by atoms with Crippen LogP contribution in [0.4, 0.5) is 0 Å². The summed E-state index contributed by atoms with van der Waals surface area (Å²) in [6.45, 7) is 4.84. The molecule has 1 saturated heterocycles. The third-order valence-electron chi connectivity index (χ3n) is 6.35. The minimum Gasteiger partial charge on any atom is -0.496 e. The van der Waals surface area contributed by atoms with Crippen LogP contribution in [0, 0.1) is 19.8 Å². The van der Waals surface area contributed by atoms with Gasteiger partial charge in [0.25, 0.3) is 11.5 Å². The molecule has 2 aromatic carbocycles. The van der Waals surface area contributed by atoms with Crippen LogP contribution in [0.5, 0.6) is 5.75 Å². The van der Waals surface area contributed by atoms with Gasteiger partial charge in [-0.05, 0) is 55.8 Å². The van der Waals surface area contributed by atoms with E-state index in [0.717, 1.165) is 34.2 Å². The second-order valence-corrected chi connectivity index (χ2v) is 8.61. The van der Waals surface area contributed by atoms with Gasteiger partial charge in [-0.3, -0.25) is 14.4 Å². The van der Waals surface area contributed by atoms with E-state index < -0.39 is 0 Å². The SMILES string of the molecule is COc1ccc(C(=O)N2CCC[C@@H](C(=O)NCc3c(C)cc(C)[nH]c3=O)C2)c2ccccc12. The van der Waals surface area contributed by atoms with Gasteiger partial charge < -0.3 is 19.9 Å². The number of nitrogens with one attached hydrogen (secondary N) is 2. The summed E-state index contributed by atoms with van der Waals surface area (Å²) in [5.74, 6) is 0.195. The summed E-state index contributed by atoms with van der Waals surface area (Å²) >= 11 is 0. The fourth-order valence-electron chi connectivity index (χ4n) is 4.60. The molecule has 7 heteroatoms.